The van der Waals surface area contributed by atoms with Crippen molar-refractivity contribution in [3.8, 4) is 0 Å². The summed E-state index contributed by atoms with van der Waals surface area (Å²) in [5, 5.41) is 0. The van der Waals surface area contributed by atoms with E-state index in [-0.39, 0.29) is 11.7 Å². The Labute approximate surface area is 105 Å². The lowest BCUT2D eigenvalue weighted by molar-refractivity contribution is -0.125. The monoisotopic (exact) mass is 304 g/mol. The van der Waals surface area contributed by atoms with Gasteiger partial charge in [-0.2, -0.15) is 0 Å². The number of nitrogens with two attached hydrogens (primary N) is 1. The van der Waals surface area contributed by atoms with E-state index in [1.165, 1.54) is 4.90 Å². The molecule has 0 saturated heterocycles. The van der Waals surface area contributed by atoms with Gasteiger partial charge in [0.05, 0.1) is 15.7 Å². The number of nitrogen functional groups attached to an aromatic ring is 1. The molecule has 2 N–H and O–H groups in total. The summed E-state index contributed by atoms with van der Waals surface area (Å²) in [5.41, 5.74) is 6.16. The number of rotatable bonds is 3. The number of anilines is 1. The standard InChI is InChI=1S/C10H13BrN2O2S/c1-13(2)10(14)6-16(15)9-4-3-7(11)5-8(9)12/h3-5H,6,12H2,1-2H3. The van der Waals surface area contributed by atoms with Gasteiger partial charge in [0.15, 0.2) is 0 Å². The molecule has 0 radical (unpaired) electrons. The maximum absolute atomic E-state index is 11.9. The highest BCUT2D eigenvalue weighted by molar-refractivity contribution is 9.10. The highest BCUT2D eigenvalue weighted by Gasteiger charge is 2.14. The summed E-state index contributed by atoms with van der Waals surface area (Å²) in [7, 11) is 1.87. The van der Waals surface area contributed by atoms with Crippen molar-refractivity contribution in [3.05, 3.63) is 22.7 Å². The molecule has 0 aliphatic heterocycles. The zero-order valence-corrected chi connectivity index (χ0v) is 11.5. The van der Waals surface area contributed by atoms with Gasteiger partial charge in [-0.3, -0.25) is 9.00 Å². The van der Waals surface area contributed by atoms with E-state index in [0.29, 0.717) is 10.6 Å². The molecule has 1 aromatic rings. The highest BCUT2D eigenvalue weighted by atomic mass is 79.9. The van der Waals surface area contributed by atoms with Crippen LogP contribution in [0.15, 0.2) is 27.6 Å². The zero-order chi connectivity index (χ0) is 12.3. The Morgan fingerprint density at radius 2 is 2.12 bits per heavy atom. The lowest BCUT2D eigenvalue weighted by Crippen LogP contribution is -2.27. The molecule has 0 aromatic heterocycles. The molecule has 0 heterocycles. The van der Waals surface area contributed by atoms with Crippen LogP contribution in [0.4, 0.5) is 5.69 Å². The Balaban J connectivity index is 2.85. The fourth-order valence-corrected chi connectivity index (χ4v) is 2.60. The summed E-state index contributed by atoms with van der Waals surface area (Å²) < 4.78 is 12.7. The van der Waals surface area contributed by atoms with E-state index >= 15 is 0 Å². The molecule has 0 fully saturated rings. The second-order valence-electron chi connectivity index (χ2n) is 3.46. The van der Waals surface area contributed by atoms with Gasteiger partial charge in [0, 0.05) is 24.3 Å². The first-order valence-corrected chi connectivity index (χ1v) is 6.66. The van der Waals surface area contributed by atoms with Crippen molar-refractivity contribution in [2.45, 2.75) is 4.90 Å². The third kappa shape index (κ3) is 3.31. The van der Waals surface area contributed by atoms with Crippen LogP contribution in [0.25, 0.3) is 0 Å². The minimum absolute atomic E-state index is 0.0428. The number of benzene rings is 1. The van der Waals surface area contributed by atoms with Crippen molar-refractivity contribution in [3.63, 3.8) is 0 Å². The van der Waals surface area contributed by atoms with E-state index in [1.807, 2.05) is 0 Å². The maximum Gasteiger partial charge on any atom is 0.235 e. The van der Waals surface area contributed by atoms with Gasteiger partial charge in [-0.05, 0) is 18.2 Å². The first-order valence-electron chi connectivity index (χ1n) is 4.55. The first kappa shape index (κ1) is 13.2. The zero-order valence-electron chi connectivity index (χ0n) is 9.07. The number of nitrogens with zero attached hydrogens (tertiary/aromatic N) is 1. The van der Waals surface area contributed by atoms with Gasteiger partial charge in [0.25, 0.3) is 0 Å². The van der Waals surface area contributed by atoms with Gasteiger partial charge in [-0.15, -0.1) is 0 Å². The van der Waals surface area contributed by atoms with E-state index in [0.717, 1.165) is 4.47 Å². The molecule has 16 heavy (non-hydrogen) atoms. The summed E-state index contributed by atoms with van der Waals surface area (Å²) >= 11 is 3.27. The smallest absolute Gasteiger partial charge is 0.235 e. The number of hydrogen-bond acceptors (Lipinski definition) is 3. The average Bonchev–Trinajstić information content (AvgIpc) is 2.16. The number of hydrogen-bond donors (Lipinski definition) is 1. The molecule has 4 nitrogen and oxygen atoms in total. The lowest BCUT2D eigenvalue weighted by Gasteiger charge is -2.10. The van der Waals surface area contributed by atoms with Crippen LogP contribution in [0.1, 0.15) is 0 Å². The van der Waals surface area contributed by atoms with Gasteiger partial charge < -0.3 is 10.6 Å². The van der Waals surface area contributed by atoms with Gasteiger partial charge >= 0.3 is 0 Å². The van der Waals surface area contributed by atoms with Gasteiger partial charge in [-0.1, -0.05) is 15.9 Å². The molecule has 0 aliphatic carbocycles. The summed E-state index contributed by atoms with van der Waals surface area (Å²) in [6.07, 6.45) is 0. The van der Waals surface area contributed by atoms with Crippen LogP contribution >= 0.6 is 15.9 Å². The summed E-state index contributed by atoms with van der Waals surface area (Å²) in [6, 6.07) is 5.09. The van der Waals surface area contributed by atoms with Gasteiger partial charge in [0.1, 0.15) is 5.75 Å². The molecule has 6 heteroatoms. The maximum atomic E-state index is 11.9. The van der Waals surface area contributed by atoms with Crippen LogP contribution in [0.2, 0.25) is 0 Å². The molecular weight excluding hydrogens is 292 g/mol. The second-order valence-corrected chi connectivity index (χ2v) is 5.80. The summed E-state index contributed by atoms with van der Waals surface area (Å²) in [6.45, 7) is 0. The van der Waals surface area contributed by atoms with E-state index in [1.54, 1.807) is 32.3 Å². The normalized spacial score (nSPS) is 12.2. The van der Waals surface area contributed by atoms with Crippen molar-refractivity contribution < 1.29 is 9.00 Å². The fourth-order valence-electron chi connectivity index (χ4n) is 1.05. The van der Waals surface area contributed by atoms with E-state index in [9.17, 15) is 9.00 Å². The molecule has 0 bridgehead atoms. The SMILES string of the molecule is CN(C)C(=O)CS(=O)c1ccc(Br)cc1N. The van der Waals surface area contributed by atoms with Crippen molar-refractivity contribution in [2.24, 2.45) is 0 Å². The molecule has 1 amide bonds. The largest absolute Gasteiger partial charge is 0.398 e. The van der Waals surface area contributed by atoms with Crippen LogP contribution in [-0.4, -0.2) is 34.9 Å². The molecule has 1 atom stereocenters. The Bertz CT molecular complexity index is 435. The van der Waals surface area contributed by atoms with E-state index in [4.69, 9.17) is 5.73 Å². The van der Waals surface area contributed by atoms with E-state index in [2.05, 4.69) is 15.9 Å². The van der Waals surface area contributed by atoms with Crippen LogP contribution < -0.4 is 5.73 Å². The number of amides is 1. The third-order valence-electron chi connectivity index (χ3n) is 1.97. The summed E-state index contributed by atoms with van der Waals surface area (Å²) in [5.74, 6) is -0.223. The average molecular weight is 305 g/mol. The van der Waals surface area contributed by atoms with Gasteiger partial charge in [0.2, 0.25) is 5.91 Å². The topological polar surface area (TPSA) is 63.4 Å². The quantitative estimate of drug-likeness (QED) is 0.854. The Kier molecular flexibility index (Phi) is 4.49. The van der Waals surface area contributed by atoms with Crippen LogP contribution in [0.3, 0.4) is 0 Å². The molecule has 0 aliphatic rings. The highest BCUT2D eigenvalue weighted by Crippen LogP contribution is 2.21. The second kappa shape index (κ2) is 5.45. The lowest BCUT2D eigenvalue weighted by atomic mass is 10.3. The molecule has 88 valence electrons. The van der Waals surface area contributed by atoms with Crippen LogP contribution in [0.5, 0.6) is 0 Å². The first-order chi connectivity index (χ1) is 7.41. The van der Waals surface area contributed by atoms with Gasteiger partial charge in [-0.25, -0.2) is 0 Å². The van der Waals surface area contributed by atoms with Crippen molar-refractivity contribution in [1.82, 2.24) is 4.90 Å². The molecule has 1 rings (SSSR count). The predicted molar refractivity (Wildman–Crippen MR) is 68.5 cm³/mol. The third-order valence-corrected chi connectivity index (χ3v) is 3.84. The minimum atomic E-state index is -1.39. The molecule has 1 aromatic carbocycles. The fraction of sp³-hybridized carbons (Fsp3) is 0.300. The Hall–Kier alpha value is -0.880. The van der Waals surface area contributed by atoms with E-state index < -0.39 is 10.8 Å². The van der Waals surface area contributed by atoms with Crippen LogP contribution in [0, 0.1) is 0 Å². The molecule has 0 spiro atoms. The summed E-state index contributed by atoms with van der Waals surface area (Å²) in [4.78, 5) is 13.3. The Morgan fingerprint density at radius 3 is 2.62 bits per heavy atom. The van der Waals surface area contributed by atoms with Crippen molar-refractivity contribution in [1.29, 1.82) is 0 Å². The van der Waals surface area contributed by atoms with Crippen molar-refractivity contribution in [2.75, 3.05) is 25.6 Å². The van der Waals surface area contributed by atoms with Crippen molar-refractivity contribution >= 4 is 38.3 Å². The molecule has 0 saturated carbocycles. The number of carbonyl (C=O) groups is 1. The molecular formula is C10H13BrN2O2S. The number of carbonyl (C=O) groups excluding carboxylic acids is 1. The predicted octanol–water partition coefficient (Wildman–Crippen LogP) is 1.23. The minimum Gasteiger partial charge on any atom is -0.398 e. The number of halogens is 1. The van der Waals surface area contributed by atoms with Crippen LogP contribution in [-0.2, 0) is 15.6 Å². The Morgan fingerprint density at radius 1 is 1.50 bits per heavy atom. The molecule has 1 unspecified atom stereocenters.